The van der Waals surface area contributed by atoms with Crippen molar-refractivity contribution in [2.45, 2.75) is 52.1 Å². The van der Waals surface area contributed by atoms with Gasteiger partial charge in [-0.2, -0.15) is 0 Å². The summed E-state index contributed by atoms with van der Waals surface area (Å²) in [6.07, 6.45) is 0.313. The molecule has 4 amide bonds. The number of alkyl halides is 1. The molecule has 278 valence electrons. The number of carbonyl (C=O) groups is 4. The van der Waals surface area contributed by atoms with Crippen LogP contribution in [-0.4, -0.2) is 98.2 Å². The van der Waals surface area contributed by atoms with Crippen LogP contribution < -0.4 is 10.6 Å². The summed E-state index contributed by atoms with van der Waals surface area (Å²) in [5.41, 5.74) is -1.40. The Hall–Kier alpha value is -5.09. The number of nitrogens with one attached hydrogen (secondary N) is 2. The summed E-state index contributed by atoms with van der Waals surface area (Å²) in [5.74, 6) is -5.89. The lowest BCUT2D eigenvalue weighted by molar-refractivity contribution is -0.147. The Morgan fingerprint density at radius 3 is 2.42 bits per heavy atom. The first-order chi connectivity index (χ1) is 24.5. The molecule has 3 heterocycles. The molecule has 1 fully saturated rings. The molecule has 2 aliphatic rings. The summed E-state index contributed by atoms with van der Waals surface area (Å²) < 4.78 is 60.6. The van der Waals surface area contributed by atoms with E-state index < -0.39 is 70.7 Å². The summed E-state index contributed by atoms with van der Waals surface area (Å²) >= 11 is 0. The molecule has 1 saturated heterocycles. The number of amides is 4. The topological polar surface area (TPSA) is 157 Å². The number of aromatic nitrogens is 2. The molecule has 2 aromatic carbocycles. The van der Waals surface area contributed by atoms with Gasteiger partial charge in [-0.25, -0.2) is 22.5 Å². The van der Waals surface area contributed by atoms with Crippen LogP contribution in [0.4, 0.5) is 17.6 Å². The quantitative estimate of drug-likeness (QED) is 0.146. The van der Waals surface area contributed by atoms with Crippen LogP contribution in [-0.2, 0) is 25.7 Å². The zero-order valence-corrected chi connectivity index (χ0v) is 28.8. The molecule has 3 aromatic rings. The fourth-order valence-corrected chi connectivity index (χ4v) is 6.66. The second-order valence-electron chi connectivity index (χ2n) is 13.7. The number of carbonyl (C=O) groups excluding carboxylic acids is 4. The Balaban J connectivity index is 1.61. The molecular weight excluding hydrogens is 688 g/mol. The van der Waals surface area contributed by atoms with Gasteiger partial charge in [0, 0.05) is 87.0 Å². The zero-order chi connectivity index (χ0) is 37.9. The van der Waals surface area contributed by atoms with Crippen LogP contribution in [0.25, 0.3) is 11.3 Å². The van der Waals surface area contributed by atoms with Crippen molar-refractivity contribution in [3.63, 3.8) is 0 Å². The maximum Gasteiger partial charge on any atom is 0.253 e. The highest BCUT2D eigenvalue weighted by Gasteiger charge is 2.45. The number of imidazole rings is 1. The third-order valence-electron chi connectivity index (χ3n) is 9.11. The van der Waals surface area contributed by atoms with Crippen LogP contribution in [0.15, 0.2) is 54.7 Å². The molecule has 0 radical (unpaired) electrons. The van der Waals surface area contributed by atoms with Crippen molar-refractivity contribution in [3.8, 4) is 17.0 Å². The van der Waals surface area contributed by atoms with Crippen LogP contribution in [0.2, 0.25) is 0 Å². The highest BCUT2D eigenvalue weighted by atomic mass is 19.1. The number of benzene rings is 2. The van der Waals surface area contributed by atoms with Crippen molar-refractivity contribution in [1.82, 2.24) is 30.0 Å². The number of hydrogen-bond donors (Lipinski definition) is 4. The first-order valence-corrected chi connectivity index (χ1v) is 16.7. The maximum absolute atomic E-state index is 15.2. The van der Waals surface area contributed by atoms with Gasteiger partial charge in [0.1, 0.15) is 41.3 Å². The number of halogens is 4. The van der Waals surface area contributed by atoms with Gasteiger partial charge >= 0.3 is 0 Å². The van der Waals surface area contributed by atoms with Gasteiger partial charge in [-0.3, -0.25) is 24.1 Å². The summed E-state index contributed by atoms with van der Waals surface area (Å²) in [6, 6.07) is 4.83. The SMILES string of the molecule is CC(O)C(=O)N(CC1CNCC1F)C(c1nc(-c2cc(F)ccc2F)cn1Cc1cc(O)cc(F)c1)C(C)(C)CC(=O)NCCN1C(=O)C=CC1=O. The molecule has 4 unspecified atom stereocenters. The fourth-order valence-electron chi connectivity index (χ4n) is 6.66. The standard InChI is InChI=1S/C36H40F4N6O6/c1-20(47)35(52)46(18-22-15-41-16-28(22)40)33(36(2,3)14-30(49)42-8-9-45-31(50)6-7-32(45)51)34-43-29(26-13-23(37)4-5-27(26)39)19-44(34)17-21-10-24(38)12-25(48)11-21/h4-7,10-13,19-20,22,28,33,41,47-48H,8-9,14-18H2,1-3H3,(H,42,49). The van der Waals surface area contributed by atoms with Gasteiger partial charge < -0.3 is 30.3 Å². The van der Waals surface area contributed by atoms with Crippen molar-refractivity contribution in [2.75, 3.05) is 32.7 Å². The zero-order valence-electron chi connectivity index (χ0n) is 28.8. The van der Waals surface area contributed by atoms with Crippen molar-refractivity contribution in [3.05, 3.63) is 83.6 Å². The van der Waals surface area contributed by atoms with Gasteiger partial charge in [0.05, 0.1) is 11.7 Å². The molecule has 0 saturated carbocycles. The second-order valence-corrected chi connectivity index (χ2v) is 13.7. The average Bonchev–Trinajstić information content (AvgIpc) is 3.75. The van der Waals surface area contributed by atoms with Gasteiger partial charge in [-0.1, -0.05) is 13.8 Å². The highest BCUT2D eigenvalue weighted by molar-refractivity contribution is 6.12. The number of imide groups is 1. The fraction of sp³-hybridized carbons (Fsp3) is 0.417. The van der Waals surface area contributed by atoms with Gasteiger partial charge in [0.15, 0.2) is 0 Å². The Morgan fingerprint density at radius 1 is 1.08 bits per heavy atom. The third kappa shape index (κ3) is 8.67. The summed E-state index contributed by atoms with van der Waals surface area (Å²) in [5, 5.41) is 26.4. The van der Waals surface area contributed by atoms with E-state index in [2.05, 4.69) is 15.6 Å². The van der Waals surface area contributed by atoms with E-state index in [1.807, 2.05) is 0 Å². The van der Waals surface area contributed by atoms with E-state index in [4.69, 9.17) is 0 Å². The number of nitrogens with zero attached hydrogens (tertiary/aromatic N) is 4. The number of aliphatic hydroxyl groups is 1. The Kier molecular flexibility index (Phi) is 11.5. The van der Waals surface area contributed by atoms with Crippen molar-refractivity contribution < 1.29 is 47.0 Å². The molecule has 0 aliphatic carbocycles. The van der Waals surface area contributed by atoms with Crippen molar-refractivity contribution in [2.24, 2.45) is 11.3 Å². The molecule has 0 bridgehead atoms. The van der Waals surface area contributed by atoms with Gasteiger partial charge in [0.25, 0.3) is 17.7 Å². The minimum absolute atomic E-state index is 0.00918. The van der Waals surface area contributed by atoms with E-state index in [-0.39, 0.29) is 74.1 Å². The second kappa shape index (κ2) is 15.7. The predicted molar refractivity (Wildman–Crippen MR) is 179 cm³/mol. The maximum atomic E-state index is 15.2. The molecule has 2 aliphatic heterocycles. The molecule has 4 atom stereocenters. The minimum Gasteiger partial charge on any atom is -0.508 e. The molecule has 0 spiro atoms. The van der Waals surface area contributed by atoms with E-state index >= 15 is 8.78 Å². The smallest absolute Gasteiger partial charge is 0.253 e. The molecule has 4 N–H and O–H groups in total. The number of rotatable bonds is 14. The number of aliphatic hydroxyl groups excluding tert-OH is 1. The lowest BCUT2D eigenvalue weighted by Crippen LogP contribution is -2.50. The van der Waals surface area contributed by atoms with Crippen LogP contribution >= 0.6 is 0 Å². The van der Waals surface area contributed by atoms with E-state index in [1.165, 1.54) is 28.7 Å². The normalized spacial score (nSPS) is 18.6. The molecule has 52 heavy (non-hydrogen) atoms. The van der Waals surface area contributed by atoms with Crippen LogP contribution in [0.5, 0.6) is 5.75 Å². The van der Waals surface area contributed by atoms with E-state index in [0.29, 0.717) is 0 Å². The van der Waals surface area contributed by atoms with Crippen LogP contribution in [0.1, 0.15) is 44.6 Å². The van der Waals surface area contributed by atoms with E-state index in [0.717, 1.165) is 47.4 Å². The lowest BCUT2D eigenvalue weighted by Gasteiger charge is -2.43. The Bertz CT molecular complexity index is 1840. The summed E-state index contributed by atoms with van der Waals surface area (Å²) in [6.45, 7) is 4.07. The van der Waals surface area contributed by atoms with Gasteiger partial charge in [0.2, 0.25) is 5.91 Å². The minimum atomic E-state index is -1.59. The first kappa shape index (κ1) is 38.1. The number of phenols is 1. The highest BCUT2D eigenvalue weighted by Crippen LogP contribution is 2.43. The Morgan fingerprint density at radius 2 is 1.79 bits per heavy atom. The molecule has 1 aromatic heterocycles. The largest absolute Gasteiger partial charge is 0.508 e. The number of phenolic OH excluding ortho intramolecular Hbond substituents is 1. The third-order valence-corrected chi connectivity index (χ3v) is 9.11. The lowest BCUT2D eigenvalue weighted by atomic mass is 9.78. The van der Waals surface area contributed by atoms with Crippen molar-refractivity contribution in [1.29, 1.82) is 0 Å². The summed E-state index contributed by atoms with van der Waals surface area (Å²) in [4.78, 5) is 58.2. The van der Waals surface area contributed by atoms with Gasteiger partial charge in [-0.05, 0) is 42.8 Å². The Labute approximate surface area is 297 Å². The molecular formula is C36H40F4N6O6. The predicted octanol–water partition coefficient (Wildman–Crippen LogP) is 2.99. The van der Waals surface area contributed by atoms with E-state index in [1.54, 1.807) is 13.8 Å². The van der Waals surface area contributed by atoms with Gasteiger partial charge in [-0.15, -0.1) is 0 Å². The molecule has 5 rings (SSSR count). The summed E-state index contributed by atoms with van der Waals surface area (Å²) in [7, 11) is 0. The van der Waals surface area contributed by atoms with E-state index in [9.17, 15) is 38.2 Å². The number of hydrogen-bond acceptors (Lipinski definition) is 8. The molecule has 12 nitrogen and oxygen atoms in total. The van der Waals surface area contributed by atoms with Crippen molar-refractivity contribution >= 4 is 23.6 Å². The van der Waals surface area contributed by atoms with Crippen LogP contribution in [0.3, 0.4) is 0 Å². The van der Waals surface area contributed by atoms with Crippen LogP contribution in [0, 0.1) is 28.8 Å². The first-order valence-electron chi connectivity index (χ1n) is 16.7. The number of aromatic hydroxyl groups is 1. The monoisotopic (exact) mass is 728 g/mol. The average molecular weight is 729 g/mol. The molecule has 16 heteroatoms.